The molecule has 1 aliphatic rings. The van der Waals surface area contributed by atoms with Gasteiger partial charge in [-0.25, -0.2) is 9.49 Å². The topological polar surface area (TPSA) is 63.7 Å². The molecule has 1 heterocycles. The summed E-state index contributed by atoms with van der Waals surface area (Å²) in [5.74, 6) is 2.40. The molecule has 2 aromatic carbocycles. The van der Waals surface area contributed by atoms with Crippen LogP contribution < -0.4 is 4.74 Å². The van der Waals surface area contributed by atoms with Crippen LogP contribution in [0.3, 0.4) is 0 Å². The van der Waals surface area contributed by atoms with Crippen molar-refractivity contribution in [2.45, 2.75) is 44.4 Å². The molecular formula is C22H25FN4O. The Hall–Kier alpha value is -2.76. The first-order valence-electron chi connectivity index (χ1n) is 9.81. The maximum absolute atomic E-state index is 13.7. The molecule has 28 heavy (non-hydrogen) atoms. The number of aromatic amines is 1. The lowest BCUT2D eigenvalue weighted by atomic mass is 9.88. The minimum absolute atomic E-state index is 0.302. The molecule has 6 heteroatoms. The summed E-state index contributed by atoms with van der Waals surface area (Å²) < 4.78 is 18.8. The minimum atomic E-state index is -0.302. The van der Waals surface area contributed by atoms with E-state index in [-0.39, 0.29) is 5.82 Å². The maximum atomic E-state index is 13.7. The highest BCUT2D eigenvalue weighted by Gasteiger charge is 2.27. The van der Waals surface area contributed by atoms with Gasteiger partial charge >= 0.3 is 0 Å². The maximum Gasteiger partial charge on any atom is 0.179 e. The van der Waals surface area contributed by atoms with Gasteiger partial charge in [0.2, 0.25) is 0 Å². The van der Waals surface area contributed by atoms with E-state index in [1.54, 1.807) is 0 Å². The first-order chi connectivity index (χ1) is 13.6. The van der Waals surface area contributed by atoms with Crippen LogP contribution in [0.2, 0.25) is 0 Å². The quantitative estimate of drug-likeness (QED) is 0.647. The van der Waals surface area contributed by atoms with E-state index in [0.717, 1.165) is 17.5 Å². The highest BCUT2D eigenvalue weighted by atomic mass is 19.1. The monoisotopic (exact) mass is 380 g/mol. The van der Waals surface area contributed by atoms with Crippen molar-refractivity contribution in [3.05, 3.63) is 59.4 Å². The minimum Gasteiger partial charge on any atom is -0.494 e. The zero-order chi connectivity index (χ0) is 19.5. The van der Waals surface area contributed by atoms with Crippen LogP contribution in [0.5, 0.6) is 5.75 Å². The highest BCUT2D eigenvalue weighted by Crippen LogP contribution is 2.43. The molecule has 4 rings (SSSR count). The lowest BCUT2D eigenvalue weighted by molar-refractivity contribution is 0.384. The van der Waals surface area contributed by atoms with Gasteiger partial charge in [-0.3, -0.25) is 0 Å². The molecule has 0 bridgehead atoms. The first kappa shape index (κ1) is 18.6. The van der Waals surface area contributed by atoms with Crippen LogP contribution in [0.1, 0.15) is 55.6 Å². The number of nitrogens with zero attached hydrogens (tertiary/aromatic N) is 3. The largest absolute Gasteiger partial charge is 0.494 e. The van der Waals surface area contributed by atoms with Crippen molar-refractivity contribution in [3.8, 4) is 17.1 Å². The Morgan fingerprint density at radius 3 is 2.71 bits per heavy atom. The Morgan fingerprint density at radius 2 is 2.00 bits per heavy atom. The van der Waals surface area contributed by atoms with E-state index < -0.39 is 0 Å². The van der Waals surface area contributed by atoms with Crippen LogP contribution in [-0.2, 0) is 0 Å². The van der Waals surface area contributed by atoms with Gasteiger partial charge in [0, 0.05) is 5.56 Å². The van der Waals surface area contributed by atoms with Gasteiger partial charge < -0.3 is 4.74 Å². The molecule has 3 atom stereocenters. The smallest absolute Gasteiger partial charge is 0.179 e. The molecule has 146 valence electrons. The average Bonchev–Trinajstić information content (AvgIpc) is 3.41. The number of tetrazole rings is 1. The summed E-state index contributed by atoms with van der Waals surface area (Å²) in [7, 11) is 1.51. The standard InChI is InChI=1S/C22H25FN4O/c1-14(18-9-10-20(23)21(13-18)28-2)11-15-3-4-19(12-15)16-5-7-17(8-6-16)22-24-26-27-25-22/h5-10,13-15,19H,3-4,11-12H2,1-2H3,(H,24,25,26,27)/t14-,15+,19+/m0/s1. The number of rotatable bonds is 6. The molecule has 0 amide bonds. The number of hydrogen-bond acceptors (Lipinski definition) is 4. The van der Waals surface area contributed by atoms with Gasteiger partial charge in [-0.15, -0.1) is 5.10 Å². The second kappa shape index (κ2) is 8.09. The van der Waals surface area contributed by atoms with E-state index in [1.807, 2.05) is 12.1 Å². The number of aromatic nitrogens is 4. The molecule has 1 saturated carbocycles. The molecule has 1 aliphatic carbocycles. The fraction of sp³-hybridized carbons (Fsp3) is 0.409. The van der Waals surface area contributed by atoms with Gasteiger partial charge in [-0.2, -0.15) is 0 Å². The predicted molar refractivity (Wildman–Crippen MR) is 106 cm³/mol. The second-order valence-corrected chi connectivity index (χ2v) is 7.78. The molecule has 1 fully saturated rings. The Morgan fingerprint density at radius 1 is 1.18 bits per heavy atom. The summed E-state index contributed by atoms with van der Waals surface area (Å²) in [6.07, 6.45) is 4.77. The third kappa shape index (κ3) is 3.91. The highest BCUT2D eigenvalue weighted by molar-refractivity contribution is 5.54. The number of hydrogen-bond donors (Lipinski definition) is 1. The number of benzene rings is 2. The first-order valence-corrected chi connectivity index (χ1v) is 9.81. The molecule has 1 aromatic heterocycles. The third-order valence-corrected chi connectivity index (χ3v) is 5.97. The zero-order valence-electron chi connectivity index (χ0n) is 16.2. The molecule has 0 aliphatic heterocycles. The van der Waals surface area contributed by atoms with Gasteiger partial charge in [0.25, 0.3) is 0 Å². The van der Waals surface area contributed by atoms with Crippen molar-refractivity contribution in [1.82, 2.24) is 20.6 Å². The number of nitrogens with one attached hydrogen (secondary N) is 1. The van der Waals surface area contributed by atoms with Crippen LogP contribution in [0, 0.1) is 11.7 Å². The van der Waals surface area contributed by atoms with E-state index in [4.69, 9.17) is 4.74 Å². The zero-order valence-corrected chi connectivity index (χ0v) is 16.2. The summed E-state index contributed by atoms with van der Waals surface area (Å²) in [4.78, 5) is 0. The van der Waals surface area contributed by atoms with Gasteiger partial charge in [-0.1, -0.05) is 37.3 Å². The molecular weight excluding hydrogens is 355 g/mol. The van der Waals surface area contributed by atoms with Gasteiger partial charge in [0.05, 0.1) is 7.11 Å². The van der Waals surface area contributed by atoms with Gasteiger partial charge in [0.15, 0.2) is 17.4 Å². The van der Waals surface area contributed by atoms with E-state index in [1.165, 1.54) is 38.0 Å². The SMILES string of the molecule is COc1cc([C@@H](C)C[C@H]2CC[C@@H](c3ccc(-c4nnn[nH]4)cc3)C2)ccc1F. The number of H-pyrrole nitrogens is 1. The normalized spacial score (nSPS) is 20.2. The van der Waals surface area contributed by atoms with Crippen LogP contribution in [0.25, 0.3) is 11.4 Å². The molecule has 0 saturated heterocycles. The molecule has 5 nitrogen and oxygen atoms in total. The molecule has 0 radical (unpaired) electrons. The predicted octanol–water partition coefficient (Wildman–Crippen LogP) is 5.09. The lowest BCUT2D eigenvalue weighted by Gasteiger charge is -2.18. The van der Waals surface area contributed by atoms with E-state index in [0.29, 0.717) is 29.3 Å². The van der Waals surface area contributed by atoms with Crippen molar-refractivity contribution in [2.75, 3.05) is 7.11 Å². The van der Waals surface area contributed by atoms with Crippen molar-refractivity contribution >= 4 is 0 Å². The Kier molecular flexibility index (Phi) is 5.37. The molecule has 1 N–H and O–H groups in total. The molecule has 0 unspecified atom stereocenters. The Bertz CT molecular complexity index is 911. The average molecular weight is 380 g/mol. The molecule has 3 aromatic rings. The fourth-order valence-corrected chi connectivity index (χ4v) is 4.41. The summed E-state index contributed by atoms with van der Waals surface area (Å²) in [6, 6.07) is 13.8. The van der Waals surface area contributed by atoms with Crippen LogP contribution in [-0.4, -0.2) is 27.7 Å². The van der Waals surface area contributed by atoms with Crippen molar-refractivity contribution in [2.24, 2.45) is 5.92 Å². The molecule has 0 spiro atoms. The number of halogens is 1. The Balaban J connectivity index is 1.37. The Labute approximate surface area is 164 Å². The summed E-state index contributed by atoms with van der Waals surface area (Å²) in [5, 5.41) is 14.0. The number of methoxy groups -OCH3 is 1. The van der Waals surface area contributed by atoms with Crippen LogP contribution in [0.15, 0.2) is 42.5 Å². The third-order valence-electron chi connectivity index (χ3n) is 5.97. The fourth-order valence-electron chi connectivity index (χ4n) is 4.41. The van der Waals surface area contributed by atoms with Crippen molar-refractivity contribution in [3.63, 3.8) is 0 Å². The van der Waals surface area contributed by atoms with E-state index in [9.17, 15) is 4.39 Å². The van der Waals surface area contributed by atoms with Gasteiger partial charge in [0.1, 0.15) is 0 Å². The number of ether oxygens (including phenoxy) is 1. The lowest BCUT2D eigenvalue weighted by Crippen LogP contribution is -2.03. The van der Waals surface area contributed by atoms with Crippen LogP contribution in [0.4, 0.5) is 4.39 Å². The van der Waals surface area contributed by atoms with Crippen molar-refractivity contribution < 1.29 is 9.13 Å². The summed E-state index contributed by atoms with van der Waals surface area (Å²) in [6.45, 7) is 2.22. The summed E-state index contributed by atoms with van der Waals surface area (Å²) in [5.41, 5.74) is 3.53. The van der Waals surface area contributed by atoms with E-state index in [2.05, 4.69) is 51.8 Å². The second-order valence-electron chi connectivity index (χ2n) is 7.78. The van der Waals surface area contributed by atoms with Gasteiger partial charge in [-0.05, 0) is 77.1 Å². The van der Waals surface area contributed by atoms with Crippen molar-refractivity contribution in [1.29, 1.82) is 0 Å². The summed E-state index contributed by atoms with van der Waals surface area (Å²) >= 11 is 0. The van der Waals surface area contributed by atoms with E-state index >= 15 is 0 Å². The van der Waals surface area contributed by atoms with Crippen LogP contribution >= 0.6 is 0 Å².